The predicted molar refractivity (Wildman–Crippen MR) is 72.1 cm³/mol. The third kappa shape index (κ3) is 4.46. The number of rotatable bonds is 4. The summed E-state index contributed by atoms with van der Waals surface area (Å²) in [5.74, 6) is 0. The summed E-state index contributed by atoms with van der Waals surface area (Å²) in [5, 5.41) is 14.3. The summed E-state index contributed by atoms with van der Waals surface area (Å²) in [6.07, 6.45) is 1.60. The van der Waals surface area contributed by atoms with E-state index < -0.39 is 16.3 Å². The van der Waals surface area contributed by atoms with Crippen LogP contribution < -0.4 is 10.6 Å². The Labute approximate surface area is 109 Å². The zero-order chi connectivity index (χ0) is 13.8. The van der Waals surface area contributed by atoms with Gasteiger partial charge in [0.1, 0.15) is 0 Å². The molecule has 5 nitrogen and oxygen atoms in total. The molecule has 1 aromatic carbocycles. The molecule has 18 heavy (non-hydrogen) atoms. The average molecular weight is 270 g/mol. The summed E-state index contributed by atoms with van der Waals surface area (Å²) in [6.45, 7) is 3.29. The molecule has 6 heteroatoms. The summed E-state index contributed by atoms with van der Waals surface area (Å²) in [6, 6.07) is 6.37. The van der Waals surface area contributed by atoms with Crippen LogP contribution in [-0.4, -0.2) is 33.7 Å². The molecule has 0 bridgehead atoms. The molecule has 1 aromatic rings. The van der Waals surface area contributed by atoms with Crippen LogP contribution in [0.5, 0.6) is 0 Å². The van der Waals surface area contributed by atoms with Gasteiger partial charge < -0.3 is 15.7 Å². The third-order valence-corrected chi connectivity index (χ3v) is 3.23. The number of benzene rings is 1. The average Bonchev–Trinajstić information content (AvgIpc) is 2.29. The van der Waals surface area contributed by atoms with Crippen molar-refractivity contribution in [3.63, 3.8) is 0 Å². The van der Waals surface area contributed by atoms with Crippen LogP contribution in [0.15, 0.2) is 29.2 Å². The Morgan fingerprint density at radius 3 is 2.33 bits per heavy atom. The van der Waals surface area contributed by atoms with Crippen LogP contribution in [0.3, 0.4) is 0 Å². The van der Waals surface area contributed by atoms with Crippen molar-refractivity contribution in [2.24, 2.45) is 0 Å². The van der Waals surface area contributed by atoms with Gasteiger partial charge in [0.25, 0.3) is 0 Å². The fourth-order valence-electron chi connectivity index (χ4n) is 1.24. The molecule has 0 saturated carbocycles. The summed E-state index contributed by atoms with van der Waals surface area (Å²) in [5.41, 5.74) is -0.0648. The number of hydrogen-bond acceptors (Lipinski definition) is 3. The van der Waals surface area contributed by atoms with Crippen molar-refractivity contribution in [1.82, 2.24) is 5.32 Å². The van der Waals surface area contributed by atoms with Gasteiger partial charge in [-0.05, 0) is 38.1 Å². The van der Waals surface area contributed by atoms with E-state index in [1.54, 1.807) is 44.4 Å². The second-order valence-corrected chi connectivity index (χ2v) is 5.98. The molecule has 0 aliphatic carbocycles. The molecule has 0 aliphatic heterocycles. The fourth-order valence-corrected chi connectivity index (χ4v) is 1.76. The molecule has 2 amide bonds. The van der Waals surface area contributed by atoms with E-state index in [2.05, 4.69) is 10.6 Å². The zero-order valence-electron chi connectivity index (χ0n) is 10.7. The lowest BCUT2D eigenvalue weighted by Gasteiger charge is -2.23. The monoisotopic (exact) mass is 270 g/mol. The summed E-state index contributed by atoms with van der Waals surface area (Å²) in [7, 11) is -1.03. The molecule has 0 aromatic heterocycles. The number of aliphatic hydroxyl groups excluding tert-OH is 1. The van der Waals surface area contributed by atoms with E-state index in [9.17, 15) is 9.00 Å². The van der Waals surface area contributed by atoms with Gasteiger partial charge in [0, 0.05) is 27.6 Å². The lowest BCUT2D eigenvalue weighted by molar-refractivity contribution is 0.187. The Kier molecular flexibility index (Phi) is 4.86. The highest BCUT2D eigenvalue weighted by atomic mass is 32.2. The van der Waals surface area contributed by atoms with E-state index in [-0.39, 0.29) is 12.6 Å². The predicted octanol–water partition coefficient (Wildman–Crippen LogP) is 1.32. The van der Waals surface area contributed by atoms with Gasteiger partial charge in [-0.3, -0.25) is 4.21 Å². The molecule has 100 valence electrons. The van der Waals surface area contributed by atoms with Crippen LogP contribution in [0, 0.1) is 0 Å². The van der Waals surface area contributed by atoms with Crippen molar-refractivity contribution < 1.29 is 14.1 Å². The highest BCUT2D eigenvalue weighted by Crippen LogP contribution is 2.12. The first-order valence-corrected chi connectivity index (χ1v) is 7.03. The molecule has 0 fully saturated rings. The lowest BCUT2D eigenvalue weighted by atomic mass is 10.1. The van der Waals surface area contributed by atoms with Crippen molar-refractivity contribution in [2.75, 3.05) is 18.2 Å². The maximum Gasteiger partial charge on any atom is 0.319 e. The lowest BCUT2D eigenvalue weighted by Crippen LogP contribution is -2.48. The van der Waals surface area contributed by atoms with Crippen LogP contribution in [0.4, 0.5) is 10.5 Å². The van der Waals surface area contributed by atoms with Crippen molar-refractivity contribution in [3.8, 4) is 0 Å². The molecule has 0 heterocycles. The topological polar surface area (TPSA) is 78.4 Å². The molecule has 3 N–H and O–H groups in total. The Morgan fingerprint density at radius 1 is 1.33 bits per heavy atom. The molecular formula is C12H18N2O3S. The number of aliphatic hydroxyl groups is 1. The van der Waals surface area contributed by atoms with Gasteiger partial charge in [-0.15, -0.1) is 0 Å². The van der Waals surface area contributed by atoms with Crippen LogP contribution in [-0.2, 0) is 10.8 Å². The standard InChI is InChI=1S/C12H18N2O3S/c1-12(2,8-15)14-11(16)13-9-4-6-10(7-5-9)18(3)17/h4-7,15H,8H2,1-3H3,(H2,13,14,16). The summed E-state index contributed by atoms with van der Waals surface area (Å²) in [4.78, 5) is 12.3. The molecule has 1 atom stereocenters. The number of nitrogens with one attached hydrogen (secondary N) is 2. The molecule has 1 rings (SSSR count). The molecule has 0 radical (unpaired) electrons. The Morgan fingerprint density at radius 2 is 1.89 bits per heavy atom. The third-order valence-electron chi connectivity index (χ3n) is 2.29. The van der Waals surface area contributed by atoms with Gasteiger partial charge in [-0.2, -0.15) is 0 Å². The Bertz CT molecular complexity index is 443. The molecule has 0 saturated heterocycles. The molecule has 1 unspecified atom stereocenters. The molecular weight excluding hydrogens is 252 g/mol. The van der Waals surface area contributed by atoms with Crippen molar-refractivity contribution in [3.05, 3.63) is 24.3 Å². The van der Waals surface area contributed by atoms with Crippen LogP contribution in [0.25, 0.3) is 0 Å². The van der Waals surface area contributed by atoms with E-state index in [4.69, 9.17) is 5.11 Å². The number of anilines is 1. The van der Waals surface area contributed by atoms with Gasteiger partial charge in [-0.1, -0.05) is 0 Å². The van der Waals surface area contributed by atoms with Gasteiger partial charge in [0.05, 0.1) is 12.1 Å². The van der Waals surface area contributed by atoms with Crippen molar-refractivity contribution >= 4 is 22.5 Å². The first kappa shape index (κ1) is 14.7. The Hall–Kier alpha value is -1.40. The number of carbonyl (C=O) groups is 1. The summed E-state index contributed by atoms with van der Waals surface area (Å²) < 4.78 is 11.2. The fraction of sp³-hybridized carbons (Fsp3) is 0.417. The van der Waals surface area contributed by atoms with E-state index in [1.807, 2.05) is 0 Å². The smallest absolute Gasteiger partial charge is 0.319 e. The van der Waals surface area contributed by atoms with Crippen molar-refractivity contribution in [2.45, 2.75) is 24.3 Å². The maximum absolute atomic E-state index is 11.6. The first-order chi connectivity index (χ1) is 8.34. The minimum atomic E-state index is -1.03. The van der Waals surface area contributed by atoms with E-state index >= 15 is 0 Å². The van der Waals surface area contributed by atoms with Crippen LogP contribution in [0.1, 0.15) is 13.8 Å². The Balaban J connectivity index is 2.63. The van der Waals surface area contributed by atoms with Crippen molar-refractivity contribution in [1.29, 1.82) is 0 Å². The number of urea groups is 1. The minimum absolute atomic E-state index is 0.145. The van der Waals surface area contributed by atoms with Gasteiger partial charge in [0.2, 0.25) is 0 Å². The largest absolute Gasteiger partial charge is 0.394 e. The molecule has 0 spiro atoms. The van der Waals surface area contributed by atoms with Gasteiger partial charge >= 0.3 is 6.03 Å². The summed E-state index contributed by atoms with van der Waals surface area (Å²) >= 11 is 0. The molecule has 0 aliphatic rings. The van der Waals surface area contributed by atoms with Gasteiger partial charge in [-0.25, -0.2) is 4.79 Å². The second kappa shape index (κ2) is 5.97. The van der Waals surface area contributed by atoms with E-state index in [1.165, 1.54) is 0 Å². The van der Waals surface area contributed by atoms with Crippen LogP contribution in [0.2, 0.25) is 0 Å². The number of hydrogen-bond donors (Lipinski definition) is 3. The minimum Gasteiger partial charge on any atom is -0.394 e. The first-order valence-electron chi connectivity index (χ1n) is 5.47. The van der Waals surface area contributed by atoms with Gasteiger partial charge in [0.15, 0.2) is 0 Å². The van der Waals surface area contributed by atoms with E-state index in [0.29, 0.717) is 10.6 Å². The van der Waals surface area contributed by atoms with Crippen LogP contribution >= 0.6 is 0 Å². The highest BCUT2D eigenvalue weighted by Gasteiger charge is 2.18. The van der Waals surface area contributed by atoms with E-state index in [0.717, 1.165) is 0 Å². The zero-order valence-corrected chi connectivity index (χ0v) is 11.5. The quantitative estimate of drug-likeness (QED) is 0.772. The number of carbonyl (C=O) groups excluding carboxylic acids is 1. The number of amides is 2. The maximum atomic E-state index is 11.6. The highest BCUT2D eigenvalue weighted by molar-refractivity contribution is 7.84. The normalized spacial score (nSPS) is 12.9. The second-order valence-electron chi connectivity index (χ2n) is 4.60. The SMILES string of the molecule is CS(=O)c1ccc(NC(=O)NC(C)(C)CO)cc1.